The first-order chi connectivity index (χ1) is 17.5. The number of nitrogens with one attached hydrogen (secondary N) is 1. The Kier molecular flexibility index (Phi) is 6.50. The average molecular weight is 542 g/mol. The molecule has 4 aromatic rings. The molecule has 0 saturated carbocycles. The van der Waals surface area contributed by atoms with Gasteiger partial charge in [-0.1, -0.05) is 25.4 Å². The van der Waals surface area contributed by atoms with Crippen LogP contribution in [-0.4, -0.2) is 74.9 Å². The second kappa shape index (κ2) is 9.51. The largest absolute Gasteiger partial charge is 0.366 e. The van der Waals surface area contributed by atoms with E-state index in [1.807, 2.05) is 18.5 Å². The standard InChI is InChI=1S/C24H28ClN9O2S/c1-14(2)22-16-8-21(29-20-6-7-26-24(30-20)18-13-32(3)31-23(18)25)27-9-17(16)19(10-28-22)34-11-15(12-34)33(4)37(5,35)36/h6-10,13-15H,11-12H2,1-5H3,(H,26,27,29,30). The normalized spacial score (nSPS) is 14.5. The van der Waals surface area contributed by atoms with Crippen molar-refractivity contribution in [3.8, 4) is 11.4 Å². The summed E-state index contributed by atoms with van der Waals surface area (Å²) in [7, 11) is 0.170. The summed E-state index contributed by atoms with van der Waals surface area (Å²) < 4.78 is 26.9. The number of fused-ring (bicyclic) bond motifs is 1. The third kappa shape index (κ3) is 4.96. The molecule has 0 radical (unpaired) electrons. The lowest BCUT2D eigenvalue weighted by molar-refractivity contribution is 0.313. The summed E-state index contributed by atoms with van der Waals surface area (Å²) in [5, 5.41) is 9.70. The highest BCUT2D eigenvalue weighted by Gasteiger charge is 2.35. The second-order valence-electron chi connectivity index (χ2n) is 9.53. The maximum Gasteiger partial charge on any atom is 0.211 e. The van der Waals surface area contributed by atoms with Crippen LogP contribution in [0.4, 0.5) is 17.3 Å². The number of sulfonamides is 1. The van der Waals surface area contributed by atoms with E-state index in [1.54, 1.807) is 37.2 Å². The third-order valence-electron chi connectivity index (χ3n) is 6.51. The predicted molar refractivity (Wildman–Crippen MR) is 145 cm³/mol. The molecule has 4 aromatic heterocycles. The van der Waals surface area contributed by atoms with Crippen LogP contribution in [-0.2, 0) is 17.1 Å². The highest BCUT2D eigenvalue weighted by molar-refractivity contribution is 7.88. The zero-order valence-electron chi connectivity index (χ0n) is 21.2. The van der Waals surface area contributed by atoms with E-state index in [-0.39, 0.29) is 12.0 Å². The smallest absolute Gasteiger partial charge is 0.211 e. The van der Waals surface area contributed by atoms with Crippen molar-refractivity contribution in [2.75, 3.05) is 36.6 Å². The van der Waals surface area contributed by atoms with Crippen molar-refractivity contribution in [3.63, 3.8) is 0 Å². The molecule has 0 spiro atoms. The highest BCUT2D eigenvalue weighted by Crippen LogP contribution is 2.35. The van der Waals surface area contributed by atoms with Crippen molar-refractivity contribution in [1.29, 1.82) is 0 Å². The molecule has 0 bridgehead atoms. The number of pyridine rings is 2. The molecular weight excluding hydrogens is 514 g/mol. The molecule has 0 atom stereocenters. The highest BCUT2D eigenvalue weighted by atomic mass is 35.5. The van der Waals surface area contributed by atoms with Crippen LogP contribution in [0.1, 0.15) is 25.5 Å². The van der Waals surface area contributed by atoms with E-state index >= 15 is 0 Å². The Balaban J connectivity index is 1.45. The monoisotopic (exact) mass is 541 g/mol. The number of likely N-dealkylation sites (N-methyl/N-ethyl adjacent to an activating group) is 1. The van der Waals surface area contributed by atoms with Crippen molar-refractivity contribution in [3.05, 3.63) is 47.8 Å². The minimum Gasteiger partial charge on any atom is -0.366 e. The van der Waals surface area contributed by atoms with Crippen molar-refractivity contribution in [2.45, 2.75) is 25.8 Å². The van der Waals surface area contributed by atoms with Crippen molar-refractivity contribution in [2.24, 2.45) is 7.05 Å². The maximum atomic E-state index is 11.9. The summed E-state index contributed by atoms with van der Waals surface area (Å²) in [6.45, 7) is 5.40. The van der Waals surface area contributed by atoms with E-state index in [0.29, 0.717) is 41.3 Å². The Labute approximate surface area is 220 Å². The van der Waals surface area contributed by atoms with Crippen LogP contribution in [0.15, 0.2) is 36.9 Å². The second-order valence-corrected chi connectivity index (χ2v) is 11.9. The number of rotatable bonds is 7. The fourth-order valence-electron chi connectivity index (χ4n) is 4.37. The predicted octanol–water partition coefficient (Wildman–Crippen LogP) is 3.42. The van der Waals surface area contributed by atoms with Crippen molar-refractivity contribution < 1.29 is 8.42 Å². The molecule has 1 fully saturated rings. The van der Waals surface area contributed by atoms with E-state index in [4.69, 9.17) is 16.6 Å². The first kappa shape index (κ1) is 25.3. The van der Waals surface area contributed by atoms with Gasteiger partial charge in [-0.3, -0.25) is 9.67 Å². The van der Waals surface area contributed by atoms with Crippen molar-refractivity contribution >= 4 is 49.7 Å². The molecule has 194 valence electrons. The van der Waals surface area contributed by atoms with Gasteiger partial charge in [0.05, 0.1) is 35.4 Å². The Morgan fingerprint density at radius 3 is 2.54 bits per heavy atom. The number of hydrogen-bond donors (Lipinski definition) is 1. The summed E-state index contributed by atoms with van der Waals surface area (Å²) in [6, 6.07) is 3.67. The van der Waals surface area contributed by atoms with E-state index in [1.165, 1.54) is 10.6 Å². The van der Waals surface area contributed by atoms with Gasteiger partial charge in [0.25, 0.3) is 0 Å². The zero-order chi connectivity index (χ0) is 26.5. The lowest BCUT2D eigenvalue weighted by Crippen LogP contribution is -2.59. The quantitative estimate of drug-likeness (QED) is 0.375. The summed E-state index contributed by atoms with van der Waals surface area (Å²) >= 11 is 6.22. The molecule has 1 aliphatic heterocycles. The summed E-state index contributed by atoms with van der Waals surface area (Å²) in [6.07, 6.45) is 8.34. The molecule has 0 aromatic carbocycles. The topological polar surface area (TPSA) is 122 Å². The molecule has 1 N–H and O–H groups in total. The van der Waals surface area contributed by atoms with Crippen molar-refractivity contribution in [1.82, 2.24) is 34.0 Å². The molecular formula is C24H28ClN9O2S. The van der Waals surface area contributed by atoms with Gasteiger partial charge < -0.3 is 10.2 Å². The molecule has 11 nitrogen and oxygen atoms in total. The van der Waals surface area contributed by atoms with Gasteiger partial charge in [-0.25, -0.2) is 23.4 Å². The van der Waals surface area contributed by atoms with Gasteiger partial charge in [0.15, 0.2) is 11.0 Å². The summed E-state index contributed by atoms with van der Waals surface area (Å²) in [4.78, 5) is 20.5. The van der Waals surface area contributed by atoms with Crippen LogP contribution in [0.5, 0.6) is 0 Å². The summed E-state index contributed by atoms with van der Waals surface area (Å²) in [5.41, 5.74) is 2.54. The minimum atomic E-state index is -3.24. The molecule has 5 heterocycles. The number of aromatic nitrogens is 6. The molecule has 0 unspecified atom stereocenters. The fourth-order valence-corrected chi connectivity index (χ4v) is 5.30. The number of halogens is 1. The Hall–Kier alpha value is -3.35. The molecule has 1 aliphatic rings. The first-order valence-corrected chi connectivity index (χ1v) is 14.0. The van der Waals surface area contributed by atoms with Crippen LogP contribution in [0, 0.1) is 0 Å². The van der Waals surface area contributed by atoms with Crippen LogP contribution in [0.2, 0.25) is 5.15 Å². The van der Waals surface area contributed by atoms with E-state index in [0.717, 1.165) is 22.2 Å². The average Bonchev–Trinajstić information content (AvgIpc) is 3.15. The van der Waals surface area contributed by atoms with Crippen LogP contribution in [0.25, 0.3) is 22.2 Å². The third-order valence-corrected chi connectivity index (χ3v) is 8.13. The number of anilines is 3. The van der Waals surface area contributed by atoms with Gasteiger partial charge in [0, 0.05) is 56.5 Å². The van der Waals surface area contributed by atoms with Crippen LogP contribution in [0.3, 0.4) is 0 Å². The van der Waals surface area contributed by atoms with E-state index in [9.17, 15) is 8.42 Å². The van der Waals surface area contributed by atoms with Gasteiger partial charge in [-0.15, -0.1) is 0 Å². The molecule has 0 aliphatic carbocycles. The SMILES string of the molecule is CC(C)c1ncc(N2CC(N(C)S(C)(=O)=O)C2)c2cnc(Nc3ccnc(-c4cn(C)nc4Cl)n3)cc12. The zero-order valence-corrected chi connectivity index (χ0v) is 22.8. The van der Waals surface area contributed by atoms with Crippen LogP contribution < -0.4 is 10.2 Å². The minimum absolute atomic E-state index is 0.0657. The van der Waals surface area contributed by atoms with Gasteiger partial charge in [0.2, 0.25) is 10.0 Å². The molecule has 13 heteroatoms. The number of nitrogens with zero attached hydrogens (tertiary/aromatic N) is 8. The Bertz CT molecular complexity index is 1580. The van der Waals surface area contributed by atoms with Gasteiger partial charge in [0.1, 0.15) is 11.6 Å². The maximum absolute atomic E-state index is 11.9. The van der Waals surface area contributed by atoms with Crippen LogP contribution >= 0.6 is 11.6 Å². The fraction of sp³-hybridized carbons (Fsp3) is 0.375. The molecule has 0 amide bonds. The van der Waals surface area contributed by atoms with Gasteiger partial charge in [-0.2, -0.15) is 9.40 Å². The Morgan fingerprint density at radius 2 is 1.89 bits per heavy atom. The van der Waals surface area contributed by atoms with Gasteiger partial charge >= 0.3 is 0 Å². The molecule has 5 rings (SSSR count). The Morgan fingerprint density at radius 1 is 1.14 bits per heavy atom. The number of aryl methyl sites for hydroxylation is 1. The van der Waals surface area contributed by atoms with E-state index < -0.39 is 10.0 Å². The first-order valence-electron chi connectivity index (χ1n) is 11.8. The summed E-state index contributed by atoms with van der Waals surface area (Å²) in [5.74, 6) is 1.85. The molecule has 37 heavy (non-hydrogen) atoms. The molecule has 1 saturated heterocycles. The van der Waals surface area contributed by atoms with Gasteiger partial charge in [-0.05, 0) is 18.1 Å². The number of hydrogen-bond acceptors (Lipinski definition) is 9. The lowest BCUT2D eigenvalue weighted by atomic mass is 10.0. The van der Waals surface area contributed by atoms with E-state index in [2.05, 4.69) is 44.1 Å². The lowest BCUT2D eigenvalue weighted by Gasteiger charge is -2.44.